The van der Waals surface area contributed by atoms with E-state index in [0.29, 0.717) is 6.42 Å². The van der Waals surface area contributed by atoms with Gasteiger partial charge in [-0.25, -0.2) is 4.79 Å². The lowest BCUT2D eigenvalue weighted by molar-refractivity contribution is -0.126. The second-order valence-corrected chi connectivity index (χ2v) is 4.44. The molecule has 0 aromatic carbocycles. The average molecular weight is 257 g/mol. The maximum absolute atomic E-state index is 11.5. The van der Waals surface area contributed by atoms with E-state index in [-0.39, 0.29) is 50.0 Å². The summed E-state index contributed by atoms with van der Waals surface area (Å²) in [7, 11) is 1.57. The zero-order valence-corrected chi connectivity index (χ0v) is 10.7. The van der Waals surface area contributed by atoms with Gasteiger partial charge in [0.2, 0.25) is 11.8 Å². The molecule has 0 aromatic heterocycles. The van der Waals surface area contributed by atoms with Gasteiger partial charge in [0.25, 0.3) is 0 Å². The maximum atomic E-state index is 11.5. The van der Waals surface area contributed by atoms with Crippen molar-refractivity contribution < 1.29 is 19.5 Å². The van der Waals surface area contributed by atoms with Gasteiger partial charge in [-0.2, -0.15) is 0 Å². The summed E-state index contributed by atoms with van der Waals surface area (Å²) in [5.41, 5.74) is 0. The van der Waals surface area contributed by atoms with E-state index in [2.05, 4.69) is 5.32 Å². The lowest BCUT2D eigenvalue weighted by Crippen LogP contribution is -2.36. The number of carbonyl (C=O) groups is 3. The van der Waals surface area contributed by atoms with Gasteiger partial charge in [-0.3, -0.25) is 14.5 Å². The van der Waals surface area contributed by atoms with Crippen LogP contribution in [0.3, 0.4) is 0 Å². The predicted octanol–water partition coefficient (Wildman–Crippen LogP) is -0.842. The van der Waals surface area contributed by atoms with Crippen LogP contribution in [0.15, 0.2) is 0 Å². The first-order valence-electron chi connectivity index (χ1n) is 5.91. The number of nitrogens with one attached hydrogen (secondary N) is 1. The first-order chi connectivity index (χ1) is 8.45. The van der Waals surface area contributed by atoms with Gasteiger partial charge in [-0.1, -0.05) is 0 Å². The number of rotatable bonds is 6. The molecule has 1 fully saturated rings. The highest BCUT2D eigenvalue weighted by Crippen LogP contribution is 2.09. The second-order valence-electron chi connectivity index (χ2n) is 4.44. The standard InChI is InChI=1S/C11H19N3O4/c1-8(7-15)12-9(16)4-3-5-14-10(17)6-13(2)11(14)18/h8,15H,3-7H2,1-2H3,(H,12,16)/t8-/m0/s1. The highest BCUT2D eigenvalue weighted by Gasteiger charge is 2.32. The summed E-state index contributed by atoms with van der Waals surface area (Å²) in [6.07, 6.45) is 0.653. The Labute approximate surface area is 106 Å². The summed E-state index contributed by atoms with van der Waals surface area (Å²) in [4.78, 5) is 36.8. The minimum atomic E-state index is -0.316. The minimum Gasteiger partial charge on any atom is -0.394 e. The van der Waals surface area contributed by atoms with E-state index in [0.717, 1.165) is 4.90 Å². The molecule has 1 aliphatic heterocycles. The van der Waals surface area contributed by atoms with Crippen LogP contribution < -0.4 is 5.32 Å². The number of imide groups is 1. The number of hydrogen-bond donors (Lipinski definition) is 2. The molecule has 0 radical (unpaired) electrons. The van der Waals surface area contributed by atoms with E-state index in [1.165, 1.54) is 4.90 Å². The van der Waals surface area contributed by atoms with Gasteiger partial charge >= 0.3 is 6.03 Å². The zero-order chi connectivity index (χ0) is 13.7. The lowest BCUT2D eigenvalue weighted by atomic mass is 10.2. The Balaban J connectivity index is 2.28. The molecule has 0 bridgehead atoms. The normalized spacial score (nSPS) is 17.3. The van der Waals surface area contributed by atoms with Crippen LogP contribution in [-0.2, 0) is 9.59 Å². The smallest absolute Gasteiger partial charge is 0.326 e. The molecule has 7 heteroatoms. The number of hydrogen-bond acceptors (Lipinski definition) is 4. The number of likely N-dealkylation sites (N-methyl/N-ethyl adjacent to an activating group) is 1. The molecule has 0 saturated carbocycles. The molecule has 1 saturated heterocycles. The quantitative estimate of drug-likeness (QED) is 0.607. The van der Waals surface area contributed by atoms with Crippen molar-refractivity contribution >= 4 is 17.8 Å². The molecule has 4 amide bonds. The Morgan fingerprint density at radius 2 is 2.17 bits per heavy atom. The van der Waals surface area contributed by atoms with Gasteiger partial charge in [0, 0.05) is 26.1 Å². The van der Waals surface area contributed by atoms with Gasteiger partial charge in [-0.05, 0) is 13.3 Å². The van der Waals surface area contributed by atoms with E-state index < -0.39 is 0 Å². The molecule has 1 atom stereocenters. The van der Waals surface area contributed by atoms with Gasteiger partial charge in [0.1, 0.15) is 6.54 Å². The Kier molecular flexibility index (Phi) is 5.08. The van der Waals surface area contributed by atoms with Crippen molar-refractivity contribution in [3.05, 3.63) is 0 Å². The van der Waals surface area contributed by atoms with E-state index in [9.17, 15) is 14.4 Å². The largest absolute Gasteiger partial charge is 0.394 e. The number of nitrogens with zero attached hydrogens (tertiary/aromatic N) is 2. The van der Waals surface area contributed by atoms with Crippen LogP contribution in [0.2, 0.25) is 0 Å². The third-order valence-corrected chi connectivity index (χ3v) is 2.70. The number of urea groups is 1. The molecule has 1 rings (SSSR count). The molecular weight excluding hydrogens is 238 g/mol. The number of amides is 4. The van der Waals surface area contributed by atoms with E-state index in [1.54, 1.807) is 14.0 Å². The highest BCUT2D eigenvalue weighted by atomic mass is 16.3. The summed E-state index contributed by atoms with van der Waals surface area (Å²) in [5, 5.41) is 11.4. The highest BCUT2D eigenvalue weighted by molar-refractivity contribution is 6.01. The fourth-order valence-electron chi connectivity index (χ4n) is 1.68. The van der Waals surface area contributed by atoms with Crippen LogP contribution in [0.4, 0.5) is 4.79 Å². The van der Waals surface area contributed by atoms with Crippen molar-refractivity contribution in [1.82, 2.24) is 15.1 Å². The fourth-order valence-corrected chi connectivity index (χ4v) is 1.68. The summed E-state index contributed by atoms with van der Waals surface area (Å²) < 4.78 is 0. The average Bonchev–Trinajstić information content (AvgIpc) is 2.55. The minimum absolute atomic E-state index is 0.104. The molecule has 2 N–H and O–H groups in total. The molecule has 1 heterocycles. The van der Waals surface area contributed by atoms with Crippen LogP contribution in [0.1, 0.15) is 19.8 Å². The zero-order valence-electron chi connectivity index (χ0n) is 10.7. The first-order valence-corrected chi connectivity index (χ1v) is 5.91. The Bertz CT molecular complexity index is 345. The summed E-state index contributed by atoms with van der Waals surface area (Å²) in [6, 6.07) is -0.595. The van der Waals surface area contributed by atoms with E-state index >= 15 is 0 Å². The summed E-state index contributed by atoms with van der Waals surface area (Å²) >= 11 is 0. The SMILES string of the molecule is C[C@@H](CO)NC(=O)CCCN1C(=O)CN(C)C1=O. The number of aliphatic hydroxyl groups is 1. The van der Waals surface area contributed by atoms with Crippen LogP contribution in [0.25, 0.3) is 0 Å². The monoisotopic (exact) mass is 257 g/mol. The van der Waals surface area contributed by atoms with Crippen LogP contribution in [0, 0.1) is 0 Å². The summed E-state index contributed by atoms with van der Waals surface area (Å²) in [5.74, 6) is -0.421. The molecular formula is C11H19N3O4. The van der Waals surface area contributed by atoms with Crippen LogP contribution >= 0.6 is 0 Å². The molecule has 1 aliphatic rings. The third-order valence-electron chi connectivity index (χ3n) is 2.70. The van der Waals surface area contributed by atoms with Gasteiger partial charge in [0.15, 0.2) is 0 Å². The van der Waals surface area contributed by atoms with Crippen molar-refractivity contribution in [2.45, 2.75) is 25.8 Å². The lowest BCUT2D eigenvalue weighted by Gasteiger charge is -2.14. The van der Waals surface area contributed by atoms with Gasteiger partial charge in [-0.15, -0.1) is 0 Å². The molecule has 18 heavy (non-hydrogen) atoms. The Morgan fingerprint density at radius 3 is 2.67 bits per heavy atom. The molecule has 102 valence electrons. The van der Waals surface area contributed by atoms with Crippen LogP contribution in [-0.4, -0.2) is 65.5 Å². The van der Waals surface area contributed by atoms with Gasteiger partial charge < -0.3 is 15.3 Å². The Hall–Kier alpha value is -1.63. The molecule has 7 nitrogen and oxygen atoms in total. The van der Waals surface area contributed by atoms with Crippen molar-refractivity contribution in [2.75, 3.05) is 26.7 Å². The molecule has 0 aromatic rings. The topological polar surface area (TPSA) is 89.9 Å². The van der Waals surface area contributed by atoms with Gasteiger partial charge in [0.05, 0.1) is 6.61 Å². The van der Waals surface area contributed by atoms with E-state index in [4.69, 9.17) is 5.11 Å². The molecule has 0 aliphatic carbocycles. The van der Waals surface area contributed by atoms with Crippen molar-refractivity contribution in [1.29, 1.82) is 0 Å². The number of aliphatic hydroxyl groups excluding tert-OH is 1. The molecule has 0 unspecified atom stereocenters. The Morgan fingerprint density at radius 1 is 1.50 bits per heavy atom. The molecule has 0 spiro atoms. The number of carbonyl (C=O) groups excluding carboxylic acids is 3. The third kappa shape index (κ3) is 3.69. The first kappa shape index (κ1) is 14.4. The predicted molar refractivity (Wildman–Crippen MR) is 63.7 cm³/mol. The van der Waals surface area contributed by atoms with Crippen molar-refractivity contribution in [2.24, 2.45) is 0 Å². The second kappa shape index (κ2) is 6.34. The maximum Gasteiger partial charge on any atom is 0.326 e. The van der Waals surface area contributed by atoms with E-state index in [1.807, 2.05) is 0 Å². The van der Waals surface area contributed by atoms with Crippen molar-refractivity contribution in [3.63, 3.8) is 0 Å². The summed E-state index contributed by atoms with van der Waals surface area (Å²) in [6.45, 7) is 1.94. The fraction of sp³-hybridized carbons (Fsp3) is 0.727. The van der Waals surface area contributed by atoms with Crippen LogP contribution in [0.5, 0.6) is 0 Å². The van der Waals surface area contributed by atoms with Crippen molar-refractivity contribution in [3.8, 4) is 0 Å².